The lowest BCUT2D eigenvalue weighted by atomic mass is 10.1. The van der Waals surface area contributed by atoms with E-state index in [4.69, 9.17) is 5.84 Å². The monoisotopic (exact) mass is 263 g/mol. The quantitative estimate of drug-likeness (QED) is 0.427. The lowest BCUT2D eigenvalue weighted by Crippen LogP contribution is -2.14. The molecule has 0 atom stereocenters. The zero-order chi connectivity index (χ0) is 13.8. The average Bonchev–Trinajstić information content (AvgIpc) is 2.90. The van der Waals surface area contributed by atoms with Crippen LogP contribution in [0.25, 0.3) is 0 Å². The third-order valence-corrected chi connectivity index (χ3v) is 2.30. The average molecular weight is 263 g/mol. The molecule has 0 saturated heterocycles. The number of rotatable bonds is 4. The minimum atomic E-state index is -0.600. The van der Waals surface area contributed by atoms with Gasteiger partial charge < -0.3 is 15.3 Å². The Morgan fingerprint density at radius 1 is 1.47 bits per heavy atom. The minimum Gasteiger partial charge on any atom is -0.363 e. The summed E-state index contributed by atoms with van der Waals surface area (Å²) < 4.78 is 4.56. The fourth-order valence-electron chi connectivity index (χ4n) is 1.42. The number of nitro groups is 1. The van der Waals surface area contributed by atoms with E-state index in [1.807, 2.05) is 0 Å². The molecule has 9 nitrogen and oxygen atoms in total. The number of amides is 1. The van der Waals surface area contributed by atoms with Gasteiger partial charge in [-0.2, -0.15) is 0 Å². The predicted octanol–water partition coefficient (Wildman–Crippen LogP) is 1.12. The number of hydrogen-bond donors (Lipinski definition) is 3. The second-order valence-electron chi connectivity index (χ2n) is 3.50. The van der Waals surface area contributed by atoms with Gasteiger partial charge in [-0.1, -0.05) is 5.16 Å². The van der Waals surface area contributed by atoms with Crippen LogP contribution in [0.4, 0.5) is 17.1 Å². The molecule has 1 amide bonds. The number of nitrogen functional groups attached to an aromatic ring is 1. The maximum Gasteiger partial charge on any atom is 0.293 e. The lowest BCUT2D eigenvalue weighted by molar-refractivity contribution is -0.384. The normalized spacial score (nSPS) is 9.95. The first-order valence-electron chi connectivity index (χ1n) is 5.07. The van der Waals surface area contributed by atoms with E-state index >= 15 is 0 Å². The third kappa shape index (κ3) is 2.66. The molecule has 0 bridgehead atoms. The van der Waals surface area contributed by atoms with Crippen molar-refractivity contribution in [2.24, 2.45) is 5.84 Å². The van der Waals surface area contributed by atoms with Crippen LogP contribution in [-0.2, 0) is 0 Å². The Hall–Kier alpha value is -2.94. The van der Waals surface area contributed by atoms with Crippen molar-refractivity contribution in [3.05, 3.63) is 46.3 Å². The van der Waals surface area contributed by atoms with Gasteiger partial charge >= 0.3 is 0 Å². The van der Waals surface area contributed by atoms with E-state index < -0.39 is 10.8 Å². The van der Waals surface area contributed by atoms with Gasteiger partial charge in [-0.05, 0) is 12.1 Å². The van der Waals surface area contributed by atoms with Crippen molar-refractivity contribution >= 4 is 23.0 Å². The maximum atomic E-state index is 11.8. The lowest BCUT2D eigenvalue weighted by Gasteiger charge is -2.05. The van der Waals surface area contributed by atoms with E-state index in [-0.39, 0.29) is 16.9 Å². The van der Waals surface area contributed by atoms with Crippen LogP contribution in [0, 0.1) is 10.1 Å². The molecule has 0 radical (unpaired) electrons. The molecule has 2 aromatic rings. The molecule has 0 aliphatic heterocycles. The van der Waals surface area contributed by atoms with Crippen molar-refractivity contribution in [3.8, 4) is 0 Å². The molecule has 2 rings (SSSR count). The molecule has 19 heavy (non-hydrogen) atoms. The van der Waals surface area contributed by atoms with E-state index in [9.17, 15) is 14.9 Å². The van der Waals surface area contributed by atoms with Gasteiger partial charge in [0.05, 0.1) is 11.1 Å². The molecule has 1 heterocycles. The van der Waals surface area contributed by atoms with Crippen molar-refractivity contribution in [2.45, 2.75) is 0 Å². The second kappa shape index (κ2) is 5.14. The Kier molecular flexibility index (Phi) is 3.39. The van der Waals surface area contributed by atoms with E-state index in [2.05, 4.69) is 20.4 Å². The van der Waals surface area contributed by atoms with Crippen LogP contribution >= 0.6 is 0 Å². The number of anilines is 2. The molecule has 0 aliphatic rings. The molecule has 1 aromatic heterocycles. The van der Waals surface area contributed by atoms with Crippen molar-refractivity contribution in [1.29, 1.82) is 0 Å². The summed E-state index contributed by atoms with van der Waals surface area (Å²) in [4.78, 5) is 21.9. The molecule has 0 spiro atoms. The van der Waals surface area contributed by atoms with Crippen LogP contribution in [-0.4, -0.2) is 16.0 Å². The molecule has 4 N–H and O–H groups in total. The van der Waals surface area contributed by atoms with Gasteiger partial charge in [0.15, 0.2) is 0 Å². The van der Waals surface area contributed by atoms with E-state index in [0.29, 0.717) is 5.69 Å². The number of aromatic nitrogens is 1. The summed E-state index contributed by atoms with van der Waals surface area (Å²) >= 11 is 0. The number of carbonyl (C=O) groups excluding carboxylic acids is 1. The molecular formula is C10H9N5O4. The van der Waals surface area contributed by atoms with Crippen LogP contribution in [0.15, 0.2) is 35.2 Å². The van der Waals surface area contributed by atoms with Gasteiger partial charge in [0, 0.05) is 11.6 Å². The first-order valence-corrected chi connectivity index (χ1v) is 5.07. The number of hydrazine groups is 1. The van der Waals surface area contributed by atoms with Crippen molar-refractivity contribution < 1.29 is 14.2 Å². The summed E-state index contributed by atoms with van der Waals surface area (Å²) in [6.45, 7) is 0. The number of nitrogens with zero attached hydrogens (tertiary/aromatic N) is 2. The Bertz CT molecular complexity index is 610. The smallest absolute Gasteiger partial charge is 0.293 e. The fourth-order valence-corrected chi connectivity index (χ4v) is 1.42. The maximum absolute atomic E-state index is 11.8. The van der Waals surface area contributed by atoms with Gasteiger partial charge in [0.1, 0.15) is 17.6 Å². The highest BCUT2D eigenvalue weighted by atomic mass is 16.6. The first kappa shape index (κ1) is 12.5. The van der Waals surface area contributed by atoms with Gasteiger partial charge in [0.25, 0.3) is 11.6 Å². The molecule has 0 unspecified atom stereocenters. The van der Waals surface area contributed by atoms with E-state index in [1.165, 1.54) is 30.7 Å². The van der Waals surface area contributed by atoms with Crippen LogP contribution in [0.2, 0.25) is 0 Å². The largest absolute Gasteiger partial charge is 0.363 e. The van der Waals surface area contributed by atoms with Crippen molar-refractivity contribution in [1.82, 2.24) is 5.16 Å². The molecule has 1 aromatic carbocycles. The molecule has 0 fully saturated rings. The van der Waals surface area contributed by atoms with Crippen LogP contribution in [0.3, 0.4) is 0 Å². The highest BCUT2D eigenvalue weighted by molar-refractivity contribution is 6.05. The summed E-state index contributed by atoms with van der Waals surface area (Å²) in [5.74, 6) is 4.72. The number of carbonyl (C=O) groups is 1. The molecule has 0 saturated carbocycles. The number of nitrogens with two attached hydrogens (primary N) is 1. The first-order chi connectivity index (χ1) is 9.11. The van der Waals surface area contributed by atoms with Gasteiger partial charge in [-0.15, -0.1) is 0 Å². The van der Waals surface area contributed by atoms with Crippen LogP contribution in [0.5, 0.6) is 0 Å². The van der Waals surface area contributed by atoms with Gasteiger partial charge in [-0.25, -0.2) is 0 Å². The standard InChI is InChI=1S/C10H9N5O4/c11-14-8-3-6(1-2-9(8)15(17)18)10(16)13-7-4-12-19-5-7/h1-5,14H,11H2,(H,13,16). The SMILES string of the molecule is NNc1cc(C(=O)Nc2cnoc2)ccc1[N+](=O)[O-]. The number of nitro benzene ring substituents is 1. The third-order valence-electron chi connectivity index (χ3n) is 2.30. The summed E-state index contributed by atoms with van der Waals surface area (Å²) in [5, 5.41) is 16.6. The predicted molar refractivity (Wildman–Crippen MR) is 65.4 cm³/mol. The highest BCUT2D eigenvalue weighted by Crippen LogP contribution is 2.24. The van der Waals surface area contributed by atoms with E-state index in [0.717, 1.165) is 0 Å². The highest BCUT2D eigenvalue weighted by Gasteiger charge is 2.16. The Morgan fingerprint density at radius 2 is 2.26 bits per heavy atom. The Labute approximate surface area is 106 Å². The Morgan fingerprint density at radius 3 is 2.84 bits per heavy atom. The van der Waals surface area contributed by atoms with Crippen molar-refractivity contribution in [2.75, 3.05) is 10.7 Å². The minimum absolute atomic E-state index is 0.0444. The number of nitrogens with one attached hydrogen (secondary N) is 2. The van der Waals surface area contributed by atoms with Crippen molar-refractivity contribution in [3.63, 3.8) is 0 Å². The number of benzene rings is 1. The summed E-state index contributed by atoms with van der Waals surface area (Å²) in [6, 6.07) is 3.79. The zero-order valence-corrected chi connectivity index (χ0v) is 9.49. The number of hydrogen-bond acceptors (Lipinski definition) is 7. The molecular weight excluding hydrogens is 254 g/mol. The molecule has 98 valence electrons. The zero-order valence-electron chi connectivity index (χ0n) is 9.49. The second-order valence-corrected chi connectivity index (χ2v) is 3.50. The van der Waals surface area contributed by atoms with Crippen LogP contribution in [0.1, 0.15) is 10.4 Å². The summed E-state index contributed by atoms with van der Waals surface area (Å²) in [6.07, 6.45) is 2.58. The van der Waals surface area contributed by atoms with Gasteiger partial charge in [-0.3, -0.25) is 20.8 Å². The summed E-state index contributed by atoms with van der Waals surface area (Å²) in [5.41, 5.74) is 2.59. The fraction of sp³-hybridized carbons (Fsp3) is 0. The van der Waals surface area contributed by atoms with E-state index in [1.54, 1.807) is 0 Å². The molecule has 0 aliphatic carbocycles. The van der Waals surface area contributed by atoms with Gasteiger partial charge in [0.2, 0.25) is 0 Å². The summed E-state index contributed by atoms with van der Waals surface area (Å²) in [7, 11) is 0. The Balaban J connectivity index is 2.25. The van der Waals surface area contributed by atoms with Crippen LogP contribution < -0.4 is 16.6 Å². The topological polar surface area (TPSA) is 136 Å². The molecule has 9 heteroatoms.